The summed E-state index contributed by atoms with van der Waals surface area (Å²) < 4.78 is 28.0. The van der Waals surface area contributed by atoms with Gasteiger partial charge in [0.05, 0.1) is 9.70 Å². The number of amides is 1. The van der Waals surface area contributed by atoms with Gasteiger partial charge in [-0.3, -0.25) is 9.59 Å². The van der Waals surface area contributed by atoms with Crippen LogP contribution in [-0.4, -0.2) is 37.5 Å². The lowest BCUT2D eigenvalue weighted by atomic mass is 9.98. The molecule has 144 valence electrons. The lowest BCUT2D eigenvalue weighted by molar-refractivity contribution is -0.120. The van der Waals surface area contributed by atoms with E-state index in [2.05, 4.69) is 21.2 Å². The number of ketones is 1. The van der Waals surface area contributed by atoms with Crippen LogP contribution in [0.5, 0.6) is 0 Å². The average molecular weight is 471 g/mol. The second-order valence-corrected chi connectivity index (χ2v) is 11.0. The third-order valence-corrected chi connectivity index (χ3v) is 8.39. The van der Waals surface area contributed by atoms with Crippen LogP contribution in [0.25, 0.3) is 0 Å². The molecular formula is C18H19BrN2O4S2. The molecule has 1 atom stereocenters. The highest BCUT2D eigenvalue weighted by Crippen LogP contribution is 2.31. The first kappa shape index (κ1) is 20.2. The van der Waals surface area contributed by atoms with Crippen LogP contribution in [0.1, 0.15) is 30.1 Å². The number of carbonyl (C=O) groups is 2. The molecule has 27 heavy (non-hydrogen) atoms. The third-order valence-electron chi connectivity index (χ3n) is 4.43. The molecule has 1 amide bonds. The van der Waals surface area contributed by atoms with Crippen LogP contribution in [0.15, 0.2) is 44.4 Å². The fourth-order valence-electron chi connectivity index (χ4n) is 3.00. The Morgan fingerprint density at radius 3 is 2.70 bits per heavy atom. The van der Waals surface area contributed by atoms with Gasteiger partial charge in [-0.05, 0) is 60.0 Å². The van der Waals surface area contributed by atoms with Gasteiger partial charge in [-0.2, -0.15) is 4.31 Å². The summed E-state index contributed by atoms with van der Waals surface area (Å²) in [5.41, 5.74) is 1.05. The normalized spacial score (nSPS) is 18.2. The number of halogens is 1. The number of hydrogen-bond donors (Lipinski definition) is 1. The number of piperidine rings is 1. The number of sulfonamides is 1. The highest BCUT2D eigenvalue weighted by Gasteiger charge is 2.34. The van der Waals surface area contributed by atoms with Crippen molar-refractivity contribution in [2.24, 2.45) is 5.92 Å². The van der Waals surface area contributed by atoms with Gasteiger partial charge in [0.2, 0.25) is 5.91 Å². The number of benzene rings is 1. The van der Waals surface area contributed by atoms with Gasteiger partial charge in [0.15, 0.2) is 5.78 Å². The molecule has 1 aliphatic heterocycles. The molecule has 1 aromatic heterocycles. The van der Waals surface area contributed by atoms with E-state index in [1.54, 1.807) is 36.4 Å². The zero-order valence-corrected chi connectivity index (χ0v) is 17.9. The van der Waals surface area contributed by atoms with Crippen molar-refractivity contribution in [2.75, 3.05) is 18.4 Å². The maximum atomic E-state index is 12.8. The van der Waals surface area contributed by atoms with Crippen molar-refractivity contribution in [3.8, 4) is 0 Å². The van der Waals surface area contributed by atoms with Crippen molar-refractivity contribution in [1.29, 1.82) is 0 Å². The van der Waals surface area contributed by atoms with E-state index in [-0.39, 0.29) is 22.4 Å². The molecule has 9 heteroatoms. The lowest BCUT2D eigenvalue weighted by Gasteiger charge is -2.30. The standard InChI is InChI=1S/C18H19BrN2O4S2/c1-12(22)13-4-2-6-15(10-13)20-18(23)14-5-3-9-21(11-14)27(24,25)17-8-7-16(19)26-17/h2,4,6-8,10,14H,3,5,9,11H2,1H3,(H,20,23)/t14-/m0/s1. The van der Waals surface area contributed by atoms with Crippen molar-refractivity contribution in [1.82, 2.24) is 4.31 Å². The van der Waals surface area contributed by atoms with Gasteiger partial charge in [-0.15, -0.1) is 11.3 Å². The fraction of sp³-hybridized carbons (Fsp3) is 0.333. The zero-order chi connectivity index (χ0) is 19.6. The lowest BCUT2D eigenvalue weighted by Crippen LogP contribution is -2.43. The van der Waals surface area contributed by atoms with Crippen molar-refractivity contribution in [3.63, 3.8) is 0 Å². The second-order valence-electron chi connectivity index (χ2n) is 6.39. The highest BCUT2D eigenvalue weighted by atomic mass is 79.9. The number of hydrogen-bond acceptors (Lipinski definition) is 5. The van der Waals surface area contributed by atoms with Crippen LogP contribution < -0.4 is 5.32 Å². The molecule has 0 radical (unpaired) electrons. The molecule has 0 unspecified atom stereocenters. The van der Waals surface area contributed by atoms with E-state index in [0.717, 1.165) is 15.1 Å². The van der Waals surface area contributed by atoms with Crippen LogP contribution in [0, 0.1) is 5.92 Å². The number of rotatable bonds is 5. The van der Waals surface area contributed by atoms with E-state index in [9.17, 15) is 18.0 Å². The van der Waals surface area contributed by atoms with Crippen molar-refractivity contribution >= 4 is 54.7 Å². The Bertz CT molecular complexity index is 971. The van der Waals surface area contributed by atoms with Gasteiger partial charge in [0, 0.05) is 24.3 Å². The molecule has 6 nitrogen and oxygen atoms in total. The van der Waals surface area contributed by atoms with E-state index < -0.39 is 15.9 Å². The van der Waals surface area contributed by atoms with Gasteiger partial charge in [-0.1, -0.05) is 12.1 Å². The van der Waals surface area contributed by atoms with Gasteiger partial charge in [-0.25, -0.2) is 8.42 Å². The molecule has 1 fully saturated rings. The number of nitrogens with one attached hydrogen (secondary N) is 1. The SMILES string of the molecule is CC(=O)c1cccc(NC(=O)[C@H]2CCCN(S(=O)(=O)c3ccc(Br)s3)C2)c1. The first-order chi connectivity index (χ1) is 12.8. The van der Waals surface area contributed by atoms with Crippen LogP contribution in [0.3, 0.4) is 0 Å². The van der Waals surface area contributed by atoms with Crippen LogP contribution in [-0.2, 0) is 14.8 Å². The van der Waals surface area contributed by atoms with Crippen LogP contribution in [0.4, 0.5) is 5.69 Å². The molecule has 0 bridgehead atoms. The fourth-order valence-corrected chi connectivity index (χ4v) is 6.69. The number of nitrogens with zero attached hydrogens (tertiary/aromatic N) is 1. The van der Waals surface area contributed by atoms with Crippen LogP contribution >= 0.6 is 27.3 Å². The summed E-state index contributed by atoms with van der Waals surface area (Å²) in [5.74, 6) is -0.746. The van der Waals surface area contributed by atoms with Gasteiger partial charge in [0.1, 0.15) is 4.21 Å². The minimum Gasteiger partial charge on any atom is -0.326 e. The molecule has 0 spiro atoms. The Morgan fingerprint density at radius 2 is 2.04 bits per heavy atom. The minimum atomic E-state index is -3.60. The Hall–Kier alpha value is -1.55. The summed E-state index contributed by atoms with van der Waals surface area (Å²) in [7, 11) is -3.60. The Kier molecular flexibility index (Phi) is 6.15. The smallest absolute Gasteiger partial charge is 0.252 e. The van der Waals surface area contributed by atoms with E-state index in [1.165, 1.54) is 11.2 Å². The highest BCUT2D eigenvalue weighted by molar-refractivity contribution is 9.11. The Labute approximate surface area is 170 Å². The minimum absolute atomic E-state index is 0.0804. The van der Waals surface area contributed by atoms with Crippen molar-refractivity contribution < 1.29 is 18.0 Å². The summed E-state index contributed by atoms with van der Waals surface area (Å²) in [6, 6.07) is 10.0. The summed E-state index contributed by atoms with van der Waals surface area (Å²) >= 11 is 4.44. The number of anilines is 1. The Morgan fingerprint density at radius 1 is 1.26 bits per heavy atom. The molecule has 1 N–H and O–H groups in total. The molecule has 3 rings (SSSR count). The third kappa shape index (κ3) is 4.66. The quantitative estimate of drug-likeness (QED) is 0.674. The monoisotopic (exact) mass is 470 g/mol. The second kappa shape index (κ2) is 8.22. The van der Waals surface area contributed by atoms with Crippen LogP contribution in [0.2, 0.25) is 0 Å². The molecule has 1 saturated heterocycles. The van der Waals surface area contributed by atoms with Gasteiger partial charge < -0.3 is 5.32 Å². The van der Waals surface area contributed by atoms with Crippen molar-refractivity contribution in [3.05, 3.63) is 45.7 Å². The number of thiophene rings is 1. The maximum absolute atomic E-state index is 12.8. The molecule has 0 aliphatic carbocycles. The predicted octanol–water partition coefficient (Wildman–Crippen LogP) is 3.75. The molecule has 1 aromatic carbocycles. The van der Waals surface area contributed by atoms with Gasteiger partial charge >= 0.3 is 0 Å². The summed E-state index contributed by atoms with van der Waals surface area (Å²) in [6.07, 6.45) is 1.25. The maximum Gasteiger partial charge on any atom is 0.252 e. The topological polar surface area (TPSA) is 83.6 Å². The summed E-state index contributed by atoms with van der Waals surface area (Å²) in [5, 5.41) is 2.81. The molecule has 1 aliphatic rings. The molecule has 0 saturated carbocycles. The average Bonchev–Trinajstić information content (AvgIpc) is 3.09. The zero-order valence-electron chi connectivity index (χ0n) is 14.6. The predicted molar refractivity (Wildman–Crippen MR) is 109 cm³/mol. The summed E-state index contributed by atoms with van der Waals surface area (Å²) in [4.78, 5) is 24.1. The van der Waals surface area contributed by atoms with E-state index in [1.807, 2.05) is 0 Å². The first-order valence-corrected chi connectivity index (χ1v) is 11.5. The molecular weight excluding hydrogens is 452 g/mol. The number of Topliss-reactive ketones (excluding diaryl/α,β-unsaturated/α-hetero) is 1. The first-order valence-electron chi connectivity index (χ1n) is 8.45. The summed E-state index contributed by atoms with van der Waals surface area (Å²) in [6.45, 7) is 2.02. The molecule has 2 aromatic rings. The largest absolute Gasteiger partial charge is 0.326 e. The Balaban J connectivity index is 1.71. The van der Waals surface area contributed by atoms with E-state index in [0.29, 0.717) is 30.6 Å². The molecule has 2 heterocycles. The van der Waals surface area contributed by atoms with E-state index in [4.69, 9.17) is 0 Å². The van der Waals surface area contributed by atoms with Crippen molar-refractivity contribution in [2.45, 2.75) is 24.0 Å². The van der Waals surface area contributed by atoms with E-state index >= 15 is 0 Å². The number of carbonyl (C=O) groups excluding carboxylic acids is 2. The van der Waals surface area contributed by atoms with Gasteiger partial charge in [0.25, 0.3) is 10.0 Å².